The lowest BCUT2D eigenvalue weighted by Gasteiger charge is -2.29. The molecule has 1 heterocycles. The Bertz CT molecular complexity index is 922. The number of hydrogen-bond acceptors (Lipinski definition) is 9. The number of hydrogen-bond donors (Lipinski definition) is 2. The van der Waals surface area contributed by atoms with E-state index in [2.05, 4.69) is 43.4 Å². The second-order valence-corrected chi connectivity index (χ2v) is 11.0. The highest BCUT2D eigenvalue weighted by Gasteiger charge is 2.42. The summed E-state index contributed by atoms with van der Waals surface area (Å²) >= 11 is 0. The zero-order chi connectivity index (χ0) is 28.3. The van der Waals surface area contributed by atoms with E-state index < -0.39 is 71.5 Å². The molecule has 0 amide bonds. The van der Waals surface area contributed by atoms with Crippen molar-refractivity contribution in [3.63, 3.8) is 0 Å². The topological polar surface area (TPSA) is 154 Å². The van der Waals surface area contributed by atoms with E-state index in [9.17, 15) is 32.5 Å². The number of unbranched alkanes of at least 4 members (excludes halogenated alkanes) is 5. The lowest BCUT2D eigenvalue weighted by Crippen LogP contribution is -2.42. The van der Waals surface area contributed by atoms with E-state index in [0.717, 1.165) is 51.4 Å². The van der Waals surface area contributed by atoms with Crippen molar-refractivity contribution in [3.05, 3.63) is 36.5 Å². The molecule has 1 fully saturated rings. The van der Waals surface area contributed by atoms with Crippen molar-refractivity contribution < 1.29 is 46.7 Å². The Morgan fingerprint density at radius 3 is 2.24 bits per heavy atom. The van der Waals surface area contributed by atoms with Crippen molar-refractivity contribution in [1.29, 1.82) is 0 Å². The van der Waals surface area contributed by atoms with E-state index >= 15 is 0 Å². The van der Waals surface area contributed by atoms with Gasteiger partial charge in [0.2, 0.25) is 0 Å². The number of aliphatic hydroxyl groups is 1. The second-order valence-electron chi connectivity index (χ2n) is 9.40. The van der Waals surface area contributed by atoms with Gasteiger partial charge in [-0.3, -0.25) is 18.9 Å². The summed E-state index contributed by atoms with van der Waals surface area (Å²) in [6, 6.07) is 0. The summed E-state index contributed by atoms with van der Waals surface area (Å²) in [6.45, 7) is 0.0545. The highest BCUT2D eigenvalue weighted by atomic mass is 32.2. The molecule has 0 aromatic rings. The third-order valence-corrected chi connectivity index (χ3v) is 7.02. The molecular formula is C27H42O10S. The van der Waals surface area contributed by atoms with Crippen LogP contribution in [0.4, 0.5) is 0 Å². The minimum absolute atomic E-state index is 0.172. The van der Waals surface area contributed by atoms with Crippen molar-refractivity contribution in [2.45, 2.75) is 82.8 Å². The Morgan fingerprint density at radius 2 is 1.58 bits per heavy atom. The minimum atomic E-state index is -4.89. The van der Waals surface area contributed by atoms with Crippen LogP contribution in [0.3, 0.4) is 0 Å². The standard InChI is InChI=1S/C27H42O10S/c1-2-3-4-5-6-7-8-9-10-11-12-13-14-15-16-17-24(29)35-20-27(19-28)21-36-25(30)18-23(38(32,33)34)26(31)37-22-27/h3-4,6-7,9-10,23,28H,2,5,8,11-22H2,1H3,(H,32,33,34)/b4-3-,7-6-,10-9-. The first-order chi connectivity index (χ1) is 18.1. The SMILES string of the molecule is CC/C=C\C/C=C\C/C=C\CCCCCCCC(=O)OCC1(CO)COC(=O)CC(S(=O)(=O)O)C(=O)OC1. The van der Waals surface area contributed by atoms with Crippen LogP contribution in [-0.4, -0.2) is 67.7 Å². The molecule has 1 saturated heterocycles. The average molecular weight is 559 g/mol. The first-order valence-electron chi connectivity index (χ1n) is 13.1. The molecule has 2 unspecified atom stereocenters. The van der Waals surface area contributed by atoms with E-state index in [1.807, 2.05) is 0 Å². The summed E-state index contributed by atoms with van der Waals surface area (Å²) in [5, 5.41) is 7.70. The average Bonchev–Trinajstić information content (AvgIpc) is 2.94. The summed E-state index contributed by atoms with van der Waals surface area (Å²) < 4.78 is 47.0. The van der Waals surface area contributed by atoms with Gasteiger partial charge in [0, 0.05) is 6.42 Å². The van der Waals surface area contributed by atoms with Gasteiger partial charge in [0.15, 0.2) is 5.25 Å². The van der Waals surface area contributed by atoms with Crippen LogP contribution in [0.2, 0.25) is 0 Å². The third kappa shape index (κ3) is 14.4. The normalized spacial score (nSPS) is 21.3. The predicted octanol–water partition coefficient (Wildman–Crippen LogP) is 3.84. The van der Waals surface area contributed by atoms with Gasteiger partial charge in [-0.15, -0.1) is 0 Å². The van der Waals surface area contributed by atoms with Gasteiger partial charge < -0.3 is 19.3 Å². The summed E-state index contributed by atoms with van der Waals surface area (Å²) in [5.41, 5.74) is -1.44. The van der Waals surface area contributed by atoms with Gasteiger partial charge in [0.1, 0.15) is 19.8 Å². The summed E-state index contributed by atoms with van der Waals surface area (Å²) in [6.07, 6.45) is 20.9. The molecule has 38 heavy (non-hydrogen) atoms. The van der Waals surface area contributed by atoms with Crippen LogP contribution in [0, 0.1) is 5.41 Å². The molecule has 10 nitrogen and oxygen atoms in total. The fourth-order valence-corrected chi connectivity index (χ4v) is 4.19. The lowest BCUT2D eigenvalue weighted by molar-refractivity contribution is -0.161. The third-order valence-electron chi connectivity index (χ3n) is 5.94. The molecule has 2 N–H and O–H groups in total. The second kappa shape index (κ2) is 18.7. The van der Waals surface area contributed by atoms with Gasteiger partial charge in [0.25, 0.3) is 10.1 Å². The number of cyclic esters (lactones) is 2. The molecule has 0 aromatic carbocycles. The smallest absolute Gasteiger partial charge is 0.327 e. The highest BCUT2D eigenvalue weighted by molar-refractivity contribution is 7.87. The largest absolute Gasteiger partial charge is 0.465 e. The van der Waals surface area contributed by atoms with Gasteiger partial charge in [-0.2, -0.15) is 8.42 Å². The van der Waals surface area contributed by atoms with Gasteiger partial charge >= 0.3 is 17.9 Å². The van der Waals surface area contributed by atoms with Crippen LogP contribution in [0.1, 0.15) is 77.6 Å². The molecule has 0 saturated carbocycles. The molecule has 0 bridgehead atoms. The number of carbonyl (C=O) groups excluding carboxylic acids is 3. The van der Waals surface area contributed by atoms with Crippen molar-refractivity contribution in [3.8, 4) is 0 Å². The summed E-state index contributed by atoms with van der Waals surface area (Å²) in [7, 11) is -4.89. The maximum absolute atomic E-state index is 12.2. The van der Waals surface area contributed by atoms with Crippen molar-refractivity contribution in [2.75, 3.05) is 26.4 Å². The minimum Gasteiger partial charge on any atom is -0.465 e. The monoisotopic (exact) mass is 558 g/mol. The Balaban J connectivity index is 2.28. The molecule has 0 spiro atoms. The van der Waals surface area contributed by atoms with Gasteiger partial charge in [-0.1, -0.05) is 62.6 Å². The van der Waals surface area contributed by atoms with Crippen LogP contribution >= 0.6 is 0 Å². The first-order valence-corrected chi connectivity index (χ1v) is 14.6. The lowest BCUT2D eigenvalue weighted by atomic mass is 9.92. The Labute approximate surface area is 225 Å². The van der Waals surface area contributed by atoms with E-state index in [4.69, 9.17) is 14.2 Å². The van der Waals surface area contributed by atoms with Crippen molar-refractivity contribution in [2.24, 2.45) is 5.41 Å². The quantitative estimate of drug-likeness (QED) is 0.0885. The van der Waals surface area contributed by atoms with E-state index in [1.54, 1.807) is 0 Å². The van der Waals surface area contributed by atoms with Crippen LogP contribution in [-0.2, 0) is 38.7 Å². The summed E-state index contributed by atoms with van der Waals surface area (Å²) in [4.78, 5) is 36.1. The molecule has 1 aliphatic heterocycles. The van der Waals surface area contributed by atoms with Crippen LogP contribution in [0.25, 0.3) is 0 Å². The van der Waals surface area contributed by atoms with Gasteiger partial charge in [0.05, 0.1) is 18.4 Å². The Morgan fingerprint density at radius 1 is 0.974 bits per heavy atom. The highest BCUT2D eigenvalue weighted by Crippen LogP contribution is 2.23. The zero-order valence-electron chi connectivity index (χ0n) is 22.2. The Hall–Kier alpha value is -2.50. The van der Waals surface area contributed by atoms with E-state index in [0.29, 0.717) is 6.42 Å². The van der Waals surface area contributed by atoms with Gasteiger partial charge in [-0.05, 0) is 38.5 Å². The molecule has 0 radical (unpaired) electrons. The molecular weight excluding hydrogens is 516 g/mol. The van der Waals surface area contributed by atoms with Crippen LogP contribution in [0.15, 0.2) is 36.5 Å². The van der Waals surface area contributed by atoms with Crippen molar-refractivity contribution in [1.82, 2.24) is 0 Å². The molecule has 1 aliphatic rings. The number of carbonyl (C=O) groups is 3. The first kappa shape index (κ1) is 33.5. The number of aliphatic hydroxyl groups excluding tert-OH is 1. The van der Waals surface area contributed by atoms with Gasteiger partial charge in [-0.25, -0.2) is 0 Å². The number of allylic oxidation sites excluding steroid dienone is 6. The number of rotatable bonds is 17. The number of ether oxygens (including phenoxy) is 3. The fourth-order valence-electron chi connectivity index (χ4n) is 3.53. The van der Waals surface area contributed by atoms with E-state index in [-0.39, 0.29) is 6.42 Å². The summed E-state index contributed by atoms with van der Waals surface area (Å²) in [5.74, 6) is -2.93. The maximum Gasteiger partial charge on any atom is 0.327 e. The predicted molar refractivity (Wildman–Crippen MR) is 142 cm³/mol. The fraction of sp³-hybridized carbons (Fsp3) is 0.667. The molecule has 216 valence electrons. The molecule has 0 aliphatic carbocycles. The molecule has 1 rings (SSSR count). The molecule has 2 atom stereocenters. The zero-order valence-corrected chi connectivity index (χ0v) is 23.0. The molecule has 0 aromatic heterocycles. The number of esters is 3. The van der Waals surface area contributed by atoms with Crippen LogP contribution in [0.5, 0.6) is 0 Å². The van der Waals surface area contributed by atoms with E-state index in [1.165, 1.54) is 0 Å². The molecule has 11 heteroatoms. The Kier molecular flexibility index (Phi) is 16.5. The maximum atomic E-state index is 12.2. The van der Waals surface area contributed by atoms with Crippen molar-refractivity contribution >= 4 is 28.0 Å². The van der Waals surface area contributed by atoms with Crippen LogP contribution < -0.4 is 0 Å².